The molecule has 5 rings (SSSR count). The zero-order valence-electron chi connectivity index (χ0n) is 19.4. The molecule has 11 heteroatoms. The fraction of sp³-hybridized carbons (Fsp3) is 0.360. The predicted molar refractivity (Wildman–Crippen MR) is 128 cm³/mol. The number of aromatic amines is 1. The highest BCUT2D eigenvalue weighted by atomic mass is 35.5. The lowest BCUT2D eigenvalue weighted by molar-refractivity contribution is -0.0505. The number of halogens is 4. The molecule has 0 amide bonds. The molecule has 3 heterocycles. The number of H-pyrrole nitrogens is 1. The van der Waals surface area contributed by atoms with Gasteiger partial charge in [0, 0.05) is 46.1 Å². The topological polar surface area (TPSA) is 96.2 Å². The minimum absolute atomic E-state index is 0.116. The Hall–Kier alpha value is -3.08. The second kappa shape index (κ2) is 9.42. The molecule has 0 bridgehead atoms. The van der Waals surface area contributed by atoms with Crippen LogP contribution in [0.3, 0.4) is 0 Å². The molecule has 3 aromatic heterocycles. The third-order valence-corrected chi connectivity index (χ3v) is 7.33. The first kappa shape index (κ1) is 24.6. The molecule has 7 nitrogen and oxygen atoms in total. The zero-order chi connectivity index (χ0) is 25.7. The monoisotopic (exact) mass is 520 g/mol. The number of rotatable bonds is 6. The van der Waals surface area contributed by atoms with Gasteiger partial charge in [-0.15, -0.1) is 0 Å². The van der Waals surface area contributed by atoms with Gasteiger partial charge in [-0.3, -0.25) is 4.68 Å². The molecule has 36 heavy (non-hydrogen) atoms. The number of aliphatic hydroxyl groups is 2. The highest BCUT2D eigenvalue weighted by molar-refractivity contribution is 6.31. The van der Waals surface area contributed by atoms with Crippen LogP contribution in [0.25, 0.3) is 22.2 Å². The van der Waals surface area contributed by atoms with Crippen molar-refractivity contribution >= 4 is 22.6 Å². The van der Waals surface area contributed by atoms with Crippen LogP contribution in [0.1, 0.15) is 48.5 Å². The van der Waals surface area contributed by atoms with Crippen molar-refractivity contribution in [2.75, 3.05) is 0 Å². The molecule has 3 N–H and O–H groups in total. The third kappa shape index (κ3) is 4.23. The van der Waals surface area contributed by atoms with Crippen LogP contribution in [0.4, 0.5) is 13.2 Å². The summed E-state index contributed by atoms with van der Waals surface area (Å²) in [6.45, 7) is 0.550. The SMILES string of the molecule is Cc1c(-c2cnc3[nH]cc([C@H](C)c4c(OC(F)F)ccc(F)c4Cl)c3c2)cnn1[C@H]1C[C@@H](O)[C@@H](O)C1. The van der Waals surface area contributed by atoms with Crippen molar-refractivity contribution in [3.8, 4) is 16.9 Å². The number of fused-ring (bicyclic) bond motifs is 1. The fourth-order valence-electron chi connectivity index (χ4n) is 5.08. The molecule has 1 aliphatic rings. The Morgan fingerprint density at radius 3 is 2.61 bits per heavy atom. The Kier molecular flexibility index (Phi) is 6.44. The standard InChI is InChI=1S/C25H24ClF3N4O3/c1-11(22-21(36-25(28)29)4-3-18(27)23(22)26)16-9-31-24-15(16)5-13(8-30-24)17-10-32-33(12(17)2)14-6-19(34)20(35)7-14/h3-5,8-11,14,19-20,25,34-35H,6-7H2,1-2H3,(H,30,31)/t11-,14-,19+,20-/m0/s1. The summed E-state index contributed by atoms with van der Waals surface area (Å²) in [6, 6.07) is 3.92. The average Bonchev–Trinajstić information content (AvgIpc) is 3.52. The molecule has 1 fully saturated rings. The summed E-state index contributed by atoms with van der Waals surface area (Å²) in [4.78, 5) is 7.58. The maximum atomic E-state index is 14.3. The number of benzene rings is 1. The molecule has 1 aromatic carbocycles. The van der Waals surface area contributed by atoms with Gasteiger partial charge in [0.2, 0.25) is 0 Å². The number of hydrogen-bond acceptors (Lipinski definition) is 5. The second-order valence-corrected chi connectivity index (χ2v) is 9.46. The van der Waals surface area contributed by atoms with Crippen LogP contribution in [-0.4, -0.2) is 48.8 Å². The highest BCUT2D eigenvalue weighted by Gasteiger charge is 2.34. The molecule has 190 valence electrons. The van der Waals surface area contributed by atoms with Gasteiger partial charge in [-0.2, -0.15) is 13.9 Å². The van der Waals surface area contributed by atoms with E-state index in [0.29, 0.717) is 29.4 Å². The van der Waals surface area contributed by atoms with Crippen LogP contribution in [-0.2, 0) is 0 Å². The van der Waals surface area contributed by atoms with Crippen LogP contribution in [0.5, 0.6) is 5.75 Å². The molecule has 0 aliphatic heterocycles. The number of pyridine rings is 1. The third-order valence-electron chi connectivity index (χ3n) is 6.94. The van der Waals surface area contributed by atoms with E-state index < -0.39 is 30.6 Å². The van der Waals surface area contributed by atoms with Gasteiger partial charge in [-0.05, 0) is 43.5 Å². The summed E-state index contributed by atoms with van der Waals surface area (Å²) in [5, 5.41) is 24.8. The molecule has 0 unspecified atom stereocenters. The summed E-state index contributed by atoms with van der Waals surface area (Å²) in [7, 11) is 0. The van der Waals surface area contributed by atoms with Crippen LogP contribution in [0.15, 0.2) is 36.8 Å². The normalized spacial score (nSPS) is 21.0. The summed E-state index contributed by atoms with van der Waals surface area (Å²) in [6.07, 6.45) is 4.37. The maximum Gasteiger partial charge on any atom is 0.387 e. The Labute approximate surface area is 209 Å². The molecule has 0 saturated heterocycles. The van der Waals surface area contributed by atoms with Gasteiger partial charge in [-0.25, -0.2) is 9.37 Å². The van der Waals surface area contributed by atoms with Crippen molar-refractivity contribution < 1.29 is 28.1 Å². The second-order valence-electron chi connectivity index (χ2n) is 9.09. The number of alkyl halides is 2. The van der Waals surface area contributed by atoms with E-state index >= 15 is 0 Å². The summed E-state index contributed by atoms with van der Waals surface area (Å²) in [5.74, 6) is -1.53. The number of nitrogens with one attached hydrogen (secondary N) is 1. The van der Waals surface area contributed by atoms with E-state index in [4.69, 9.17) is 11.6 Å². The van der Waals surface area contributed by atoms with Gasteiger partial charge < -0.3 is 19.9 Å². The van der Waals surface area contributed by atoms with Crippen LogP contribution < -0.4 is 4.74 Å². The van der Waals surface area contributed by atoms with E-state index in [1.807, 2.05) is 13.0 Å². The number of ether oxygens (including phenoxy) is 1. The van der Waals surface area contributed by atoms with Gasteiger partial charge in [0.15, 0.2) is 0 Å². The lowest BCUT2D eigenvalue weighted by Crippen LogP contribution is -2.17. The smallest absolute Gasteiger partial charge is 0.387 e. The van der Waals surface area contributed by atoms with Gasteiger partial charge >= 0.3 is 6.61 Å². The van der Waals surface area contributed by atoms with Crippen molar-refractivity contribution in [2.24, 2.45) is 0 Å². The number of nitrogens with zero attached hydrogens (tertiary/aromatic N) is 3. The van der Waals surface area contributed by atoms with Gasteiger partial charge in [-0.1, -0.05) is 18.5 Å². The van der Waals surface area contributed by atoms with E-state index in [1.54, 1.807) is 30.2 Å². The predicted octanol–water partition coefficient (Wildman–Crippen LogP) is 5.34. The summed E-state index contributed by atoms with van der Waals surface area (Å²) in [5.41, 5.74) is 3.81. The maximum absolute atomic E-state index is 14.3. The van der Waals surface area contributed by atoms with Crippen LogP contribution >= 0.6 is 11.6 Å². The first-order chi connectivity index (χ1) is 17.2. The summed E-state index contributed by atoms with van der Waals surface area (Å²) >= 11 is 6.21. The Morgan fingerprint density at radius 1 is 1.19 bits per heavy atom. The van der Waals surface area contributed by atoms with E-state index in [1.165, 1.54) is 0 Å². The molecule has 1 aliphatic carbocycles. The molecule has 0 radical (unpaired) electrons. The van der Waals surface area contributed by atoms with E-state index in [0.717, 1.165) is 29.0 Å². The van der Waals surface area contributed by atoms with Crippen molar-refractivity contribution in [1.82, 2.24) is 19.7 Å². The van der Waals surface area contributed by atoms with Gasteiger partial charge in [0.05, 0.1) is 29.5 Å². The zero-order valence-corrected chi connectivity index (χ0v) is 20.2. The Bertz CT molecular complexity index is 1410. The lowest BCUT2D eigenvalue weighted by Gasteiger charge is -2.18. The van der Waals surface area contributed by atoms with E-state index in [9.17, 15) is 23.4 Å². The first-order valence-corrected chi connectivity index (χ1v) is 11.8. The number of hydrogen-bond donors (Lipinski definition) is 3. The molecular formula is C25H24ClF3N4O3. The van der Waals surface area contributed by atoms with Crippen molar-refractivity contribution in [3.05, 3.63) is 64.5 Å². The Balaban J connectivity index is 1.54. The molecule has 0 spiro atoms. The largest absolute Gasteiger partial charge is 0.434 e. The quantitative estimate of drug-likeness (QED) is 0.319. The lowest BCUT2D eigenvalue weighted by atomic mass is 9.91. The van der Waals surface area contributed by atoms with E-state index in [2.05, 4.69) is 19.8 Å². The van der Waals surface area contributed by atoms with Crippen LogP contribution in [0.2, 0.25) is 5.02 Å². The molecule has 1 saturated carbocycles. The van der Waals surface area contributed by atoms with E-state index in [-0.39, 0.29) is 22.4 Å². The average molecular weight is 521 g/mol. The summed E-state index contributed by atoms with van der Waals surface area (Å²) < 4.78 is 46.8. The number of aromatic nitrogens is 4. The molecule has 4 atom stereocenters. The molecule has 4 aromatic rings. The first-order valence-electron chi connectivity index (χ1n) is 11.5. The van der Waals surface area contributed by atoms with Crippen LogP contribution in [0, 0.1) is 12.7 Å². The van der Waals surface area contributed by atoms with Gasteiger partial charge in [0.25, 0.3) is 0 Å². The number of aliphatic hydroxyl groups excluding tert-OH is 2. The van der Waals surface area contributed by atoms with Gasteiger partial charge in [0.1, 0.15) is 17.2 Å². The molecular weight excluding hydrogens is 497 g/mol. The van der Waals surface area contributed by atoms with Crippen molar-refractivity contribution in [2.45, 2.75) is 57.5 Å². The minimum Gasteiger partial charge on any atom is -0.434 e. The van der Waals surface area contributed by atoms with Crippen molar-refractivity contribution in [3.63, 3.8) is 0 Å². The van der Waals surface area contributed by atoms with Crippen molar-refractivity contribution in [1.29, 1.82) is 0 Å². The Morgan fingerprint density at radius 2 is 1.92 bits per heavy atom. The fourth-order valence-corrected chi connectivity index (χ4v) is 5.40. The minimum atomic E-state index is -3.09. The highest BCUT2D eigenvalue weighted by Crippen LogP contribution is 2.42.